The summed E-state index contributed by atoms with van der Waals surface area (Å²) in [5, 5.41) is 8.08. The Balaban J connectivity index is 2.33. The molecule has 0 amide bonds. The van der Waals surface area contributed by atoms with Crippen LogP contribution in [0.25, 0.3) is 22.0 Å². The standard InChI is InChI=1S/C15H12N2O2/c1-19-11-7-8-12-13(9-11)15(18)17-16-14(12)10-5-3-2-4-6-10/h2-9H,1H3,(H,17,18). The lowest BCUT2D eigenvalue weighted by molar-refractivity contribution is 0.415. The van der Waals surface area contributed by atoms with E-state index in [1.165, 1.54) is 0 Å². The molecule has 0 radical (unpaired) electrons. The summed E-state index contributed by atoms with van der Waals surface area (Å²) in [6.45, 7) is 0. The van der Waals surface area contributed by atoms with E-state index in [1.807, 2.05) is 42.5 Å². The molecule has 0 saturated carbocycles. The largest absolute Gasteiger partial charge is 0.497 e. The molecule has 0 bridgehead atoms. The van der Waals surface area contributed by atoms with Crippen molar-refractivity contribution in [1.82, 2.24) is 10.2 Å². The first kappa shape index (κ1) is 11.5. The molecule has 1 aromatic heterocycles. The van der Waals surface area contributed by atoms with Gasteiger partial charge in [0.15, 0.2) is 0 Å². The number of aromatic nitrogens is 2. The molecule has 0 saturated heterocycles. The Morgan fingerprint density at radius 2 is 1.84 bits per heavy atom. The fraction of sp³-hybridized carbons (Fsp3) is 0.0667. The lowest BCUT2D eigenvalue weighted by atomic mass is 10.1. The number of H-pyrrole nitrogens is 1. The number of ether oxygens (including phenoxy) is 1. The Kier molecular flexibility index (Phi) is 2.76. The normalized spacial score (nSPS) is 10.6. The minimum Gasteiger partial charge on any atom is -0.497 e. The van der Waals surface area contributed by atoms with Crippen LogP contribution in [-0.2, 0) is 0 Å². The molecule has 0 aliphatic rings. The van der Waals surface area contributed by atoms with Gasteiger partial charge in [0.1, 0.15) is 5.75 Å². The van der Waals surface area contributed by atoms with Gasteiger partial charge in [-0.05, 0) is 18.2 Å². The highest BCUT2D eigenvalue weighted by molar-refractivity contribution is 5.94. The summed E-state index contributed by atoms with van der Waals surface area (Å²) < 4.78 is 5.15. The third-order valence-corrected chi connectivity index (χ3v) is 3.04. The van der Waals surface area contributed by atoms with Crippen molar-refractivity contribution in [1.29, 1.82) is 0 Å². The number of nitrogens with zero attached hydrogens (tertiary/aromatic N) is 1. The summed E-state index contributed by atoms with van der Waals surface area (Å²) >= 11 is 0. The molecule has 3 rings (SSSR count). The highest BCUT2D eigenvalue weighted by Gasteiger charge is 2.09. The van der Waals surface area contributed by atoms with Crippen molar-refractivity contribution in [2.24, 2.45) is 0 Å². The van der Waals surface area contributed by atoms with Crippen LogP contribution < -0.4 is 10.3 Å². The molecule has 0 aliphatic carbocycles. The molecule has 19 heavy (non-hydrogen) atoms. The van der Waals surface area contributed by atoms with Crippen LogP contribution in [0.3, 0.4) is 0 Å². The van der Waals surface area contributed by atoms with Crippen molar-refractivity contribution in [2.75, 3.05) is 7.11 Å². The third-order valence-electron chi connectivity index (χ3n) is 3.04. The number of benzene rings is 2. The van der Waals surface area contributed by atoms with E-state index in [-0.39, 0.29) is 5.56 Å². The van der Waals surface area contributed by atoms with Crippen LogP contribution in [0.5, 0.6) is 5.75 Å². The zero-order valence-corrected chi connectivity index (χ0v) is 10.4. The van der Waals surface area contributed by atoms with Gasteiger partial charge in [0.2, 0.25) is 0 Å². The average molecular weight is 252 g/mol. The second-order valence-corrected chi connectivity index (χ2v) is 4.18. The SMILES string of the molecule is COc1ccc2c(-c3ccccc3)n[nH]c(=O)c2c1. The minimum atomic E-state index is -0.214. The van der Waals surface area contributed by atoms with Gasteiger partial charge < -0.3 is 4.74 Å². The van der Waals surface area contributed by atoms with Gasteiger partial charge >= 0.3 is 0 Å². The van der Waals surface area contributed by atoms with E-state index in [0.717, 1.165) is 16.6 Å². The molecular weight excluding hydrogens is 240 g/mol. The molecule has 0 unspecified atom stereocenters. The first-order chi connectivity index (χ1) is 9.29. The van der Waals surface area contributed by atoms with Crippen molar-refractivity contribution in [3.8, 4) is 17.0 Å². The number of hydrogen-bond donors (Lipinski definition) is 1. The van der Waals surface area contributed by atoms with E-state index < -0.39 is 0 Å². The van der Waals surface area contributed by atoms with E-state index in [9.17, 15) is 4.79 Å². The fourth-order valence-electron chi connectivity index (χ4n) is 2.09. The second kappa shape index (κ2) is 4.57. The van der Waals surface area contributed by atoms with Gasteiger partial charge in [0.05, 0.1) is 18.2 Å². The van der Waals surface area contributed by atoms with Crippen LogP contribution in [0.2, 0.25) is 0 Å². The highest BCUT2D eigenvalue weighted by atomic mass is 16.5. The third kappa shape index (κ3) is 1.97. The van der Waals surface area contributed by atoms with E-state index in [0.29, 0.717) is 11.1 Å². The van der Waals surface area contributed by atoms with Crippen molar-refractivity contribution in [2.45, 2.75) is 0 Å². The molecule has 1 heterocycles. The van der Waals surface area contributed by atoms with Gasteiger partial charge in [-0.25, -0.2) is 5.10 Å². The molecular formula is C15H12N2O2. The molecule has 0 spiro atoms. The smallest absolute Gasteiger partial charge is 0.272 e. The predicted molar refractivity (Wildman–Crippen MR) is 74.4 cm³/mol. The van der Waals surface area contributed by atoms with Crippen LogP contribution in [0.15, 0.2) is 53.3 Å². The maximum absolute atomic E-state index is 11.9. The average Bonchev–Trinajstić information content (AvgIpc) is 2.48. The summed E-state index contributed by atoms with van der Waals surface area (Å²) in [6.07, 6.45) is 0. The van der Waals surface area contributed by atoms with E-state index in [4.69, 9.17) is 4.74 Å². The van der Waals surface area contributed by atoms with Gasteiger partial charge in [0.25, 0.3) is 5.56 Å². The first-order valence-electron chi connectivity index (χ1n) is 5.91. The summed E-state index contributed by atoms with van der Waals surface area (Å²) in [7, 11) is 1.58. The van der Waals surface area contributed by atoms with E-state index in [1.54, 1.807) is 13.2 Å². The molecule has 4 nitrogen and oxygen atoms in total. The number of nitrogens with one attached hydrogen (secondary N) is 1. The van der Waals surface area contributed by atoms with Crippen LogP contribution in [-0.4, -0.2) is 17.3 Å². The van der Waals surface area contributed by atoms with E-state index in [2.05, 4.69) is 10.2 Å². The van der Waals surface area contributed by atoms with Gasteiger partial charge in [-0.3, -0.25) is 4.79 Å². The van der Waals surface area contributed by atoms with Gasteiger partial charge in [-0.15, -0.1) is 0 Å². The lowest BCUT2D eigenvalue weighted by Gasteiger charge is -2.06. The Morgan fingerprint density at radius 3 is 2.58 bits per heavy atom. The number of hydrogen-bond acceptors (Lipinski definition) is 3. The minimum absolute atomic E-state index is 0.214. The maximum atomic E-state index is 11.9. The first-order valence-corrected chi connectivity index (χ1v) is 5.91. The quantitative estimate of drug-likeness (QED) is 0.762. The summed E-state index contributed by atoms with van der Waals surface area (Å²) in [4.78, 5) is 11.9. The molecule has 94 valence electrons. The van der Waals surface area contributed by atoms with E-state index >= 15 is 0 Å². The Hall–Kier alpha value is -2.62. The second-order valence-electron chi connectivity index (χ2n) is 4.18. The Labute approximate surface area is 109 Å². The molecule has 0 aliphatic heterocycles. The number of methoxy groups -OCH3 is 1. The van der Waals surface area contributed by atoms with Crippen LogP contribution in [0.1, 0.15) is 0 Å². The molecule has 4 heteroatoms. The lowest BCUT2D eigenvalue weighted by Crippen LogP contribution is -2.09. The van der Waals surface area contributed by atoms with Crippen LogP contribution in [0, 0.1) is 0 Å². The fourth-order valence-corrected chi connectivity index (χ4v) is 2.09. The Morgan fingerprint density at radius 1 is 1.05 bits per heavy atom. The summed E-state index contributed by atoms with van der Waals surface area (Å²) in [6, 6.07) is 15.2. The molecule has 0 atom stereocenters. The summed E-state index contributed by atoms with van der Waals surface area (Å²) in [5.74, 6) is 0.656. The van der Waals surface area contributed by atoms with Crippen molar-refractivity contribution in [3.63, 3.8) is 0 Å². The molecule has 2 aromatic carbocycles. The maximum Gasteiger partial charge on any atom is 0.272 e. The van der Waals surface area contributed by atoms with Gasteiger partial charge in [-0.1, -0.05) is 30.3 Å². The van der Waals surface area contributed by atoms with Crippen molar-refractivity contribution in [3.05, 3.63) is 58.9 Å². The zero-order valence-electron chi connectivity index (χ0n) is 10.4. The summed E-state index contributed by atoms with van der Waals surface area (Å²) in [5.41, 5.74) is 1.51. The number of fused-ring (bicyclic) bond motifs is 1. The van der Waals surface area contributed by atoms with Gasteiger partial charge in [0, 0.05) is 10.9 Å². The topological polar surface area (TPSA) is 55.0 Å². The Bertz CT molecular complexity index is 779. The molecule has 1 N–H and O–H groups in total. The number of aromatic amines is 1. The molecule has 0 fully saturated rings. The van der Waals surface area contributed by atoms with Crippen molar-refractivity contribution >= 4 is 10.8 Å². The zero-order chi connectivity index (χ0) is 13.2. The number of rotatable bonds is 2. The van der Waals surface area contributed by atoms with Gasteiger partial charge in [-0.2, -0.15) is 5.10 Å². The van der Waals surface area contributed by atoms with Crippen molar-refractivity contribution < 1.29 is 4.74 Å². The van der Waals surface area contributed by atoms with Crippen LogP contribution in [0.4, 0.5) is 0 Å². The predicted octanol–water partition coefficient (Wildman–Crippen LogP) is 2.60. The molecule has 3 aromatic rings. The highest BCUT2D eigenvalue weighted by Crippen LogP contribution is 2.26. The monoisotopic (exact) mass is 252 g/mol. The van der Waals surface area contributed by atoms with Crippen LogP contribution >= 0.6 is 0 Å².